The van der Waals surface area contributed by atoms with Crippen molar-refractivity contribution in [1.29, 1.82) is 0 Å². The second kappa shape index (κ2) is 3.93. The number of halogens is 4. The van der Waals surface area contributed by atoms with Crippen LogP contribution in [-0.2, 0) is 6.18 Å². The normalized spacial score (nSPS) is 12.2. The summed E-state index contributed by atoms with van der Waals surface area (Å²) in [5, 5.41) is 0.0670. The highest BCUT2D eigenvalue weighted by Crippen LogP contribution is 2.37. The van der Waals surface area contributed by atoms with E-state index >= 15 is 0 Å². The lowest BCUT2D eigenvalue weighted by molar-refractivity contribution is -0.137. The lowest BCUT2D eigenvalue weighted by atomic mass is 9.99. The average Bonchev–Trinajstić information content (AvgIpc) is 1.99. The zero-order chi connectivity index (χ0) is 11.8. The van der Waals surface area contributed by atoms with Gasteiger partial charge in [-0.3, -0.25) is 0 Å². The molecular formula is C10H11ClF3N. The van der Waals surface area contributed by atoms with E-state index in [9.17, 15) is 13.2 Å². The largest absolute Gasteiger partial charge is 0.416 e. The molecule has 0 aromatic heterocycles. The van der Waals surface area contributed by atoms with Gasteiger partial charge in [-0.25, -0.2) is 0 Å². The first-order valence-electron chi connectivity index (χ1n) is 4.39. The minimum Gasteiger partial charge on any atom is -0.398 e. The van der Waals surface area contributed by atoms with Crippen molar-refractivity contribution in [1.82, 2.24) is 0 Å². The van der Waals surface area contributed by atoms with Gasteiger partial charge >= 0.3 is 6.18 Å². The van der Waals surface area contributed by atoms with Crippen LogP contribution in [0.2, 0.25) is 5.02 Å². The summed E-state index contributed by atoms with van der Waals surface area (Å²) in [4.78, 5) is 0. The maximum atomic E-state index is 12.4. The van der Waals surface area contributed by atoms with E-state index in [0.717, 1.165) is 12.1 Å². The molecule has 0 aliphatic rings. The minimum absolute atomic E-state index is 0.000200. The maximum absolute atomic E-state index is 12.4. The van der Waals surface area contributed by atoms with Gasteiger partial charge in [-0.2, -0.15) is 13.2 Å². The first kappa shape index (κ1) is 12.2. The molecule has 1 aromatic carbocycles. The smallest absolute Gasteiger partial charge is 0.398 e. The van der Waals surface area contributed by atoms with Gasteiger partial charge in [0.2, 0.25) is 0 Å². The third kappa shape index (κ3) is 2.56. The van der Waals surface area contributed by atoms with Gasteiger partial charge in [0.1, 0.15) is 0 Å². The van der Waals surface area contributed by atoms with Gasteiger partial charge in [0.05, 0.1) is 5.56 Å². The van der Waals surface area contributed by atoms with Crippen LogP contribution in [0.25, 0.3) is 0 Å². The highest BCUT2D eigenvalue weighted by Gasteiger charge is 2.32. The van der Waals surface area contributed by atoms with Gasteiger partial charge < -0.3 is 5.73 Å². The molecule has 15 heavy (non-hydrogen) atoms. The number of nitrogen functional groups attached to an aromatic ring is 1. The number of anilines is 1. The molecule has 0 atom stereocenters. The second-order valence-corrected chi connectivity index (χ2v) is 4.02. The molecule has 0 aliphatic carbocycles. The monoisotopic (exact) mass is 237 g/mol. The molecule has 0 saturated heterocycles. The Balaban J connectivity index is 3.32. The van der Waals surface area contributed by atoms with Gasteiger partial charge in [-0.15, -0.1) is 0 Å². The molecule has 1 rings (SSSR count). The first-order chi connectivity index (χ1) is 6.73. The summed E-state index contributed by atoms with van der Waals surface area (Å²) in [6.45, 7) is 3.65. The third-order valence-electron chi connectivity index (χ3n) is 2.07. The molecule has 0 heterocycles. The summed E-state index contributed by atoms with van der Waals surface area (Å²) in [6.07, 6.45) is -4.41. The molecule has 0 saturated carbocycles. The summed E-state index contributed by atoms with van der Waals surface area (Å²) >= 11 is 5.76. The van der Waals surface area contributed by atoms with Crippen LogP contribution in [-0.4, -0.2) is 0 Å². The average molecular weight is 238 g/mol. The number of hydrogen-bond acceptors (Lipinski definition) is 1. The molecule has 0 bridgehead atoms. The van der Waals surface area contributed by atoms with Crippen LogP contribution < -0.4 is 5.73 Å². The Morgan fingerprint density at radius 1 is 1.27 bits per heavy atom. The Hall–Kier alpha value is -0.900. The lowest BCUT2D eigenvalue weighted by Gasteiger charge is -2.15. The zero-order valence-electron chi connectivity index (χ0n) is 8.32. The van der Waals surface area contributed by atoms with Crippen molar-refractivity contribution in [2.45, 2.75) is 25.9 Å². The van der Waals surface area contributed by atoms with Crippen molar-refractivity contribution in [3.8, 4) is 0 Å². The van der Waals surface area contributed by atoms with Crippen LogP contribution in [0.4, 0.5) is 18.9 Å². The molecule has 84 valence electrons. The molecule has 2 N–H and O–H groups in total. The van der Waals surface area contributed by atoms with Gasteiger partial charge in [0.15, 0.2) is 0 Å². The summed E-state index contributed by atoms with van der Waals surface area (Å²) in [6, 6.07) is 1.83. The molecule has 0 radical (unpaired) electrons. The zero-order valence-corrected chi connectivity index (χ0v) is 9.08. The van der Waals surface area contributed by atoms with Crippen LogP contribution >= 0.6 is 11.6 Å². The molecule has 0 spiro atoms. The third-order valence-corrected chi connectivity index (χ3v) is 2.38. The minimum atomic E-state index is -4.41. The maximum Gasteiger partial charge on any atom is 0.416 e. The van der Waals surface area contributed by atoms with E-state index in [1.807, 2.05) is 13.8 Å². The molecule has 0 amide bonds. The van der Waals surface area contributed by atoms with Crippen molar-refractivity contribution in [2.24, 2.45) is 0 Å². The fourth-order valence-electron chi connectivity index (χ4n) is 1.41. The summed E-state index contributed by atoms with van der Waals surface area (Å²) in [5.74, 6) is -0.000200. The van der Waals surface area contributed by atoms with Gasteiger partial charge in [-0.05, 0) is 23.6 Å². The summed E-state index contributed by atoms with van der Waals surface area (Å²) in [5.41, 5.74) is 5.37. The summed E-state index contributed by atoms with van der Waals surface area (Å²) < 4.78 is 37.1. The SMILES string of the molecule is CC(C)c1c(N)cc(C(F)(F)F)cc1Cl. The Kier molecular flexibility index (Phi) is 3.19. The predicted molar refractivity (Wildman–Crippen MR) is 55.0 cm³/mol. The first-order valence-corrected chi connectivity index (χ1v) is 4.77. The van der Waals surface area contributed by atoms with Gasteiger partial charge in [-0.1, -0.05) is 25.4 Å². The Morgan fingerprint density at radius 2 is 1.80 bits per heavy atom. The number of nitrogens with two attached hydrogens (primary N) is 1. The van der Waals surface area contributed by atoms with Crippen LogP contribution in [0.15, 0.2) is 12.1 Å². The Bertz CT molecular complexity index is 348. The quantitative estimate of drug-likeness (QED) is 0.733. The van der Waals surface area contributed by atoms with Crippen molar-refractivity contribution in [3.63, 3.8) is 0 Å². The van der Waals surface area contributed by atoms with E-state index in [4.69, 9.17) is 17.3 Å². The van der Waals surface area contributed by atoms with Gasteiger partial charge in [0, 0.05) is 10.7 Å². The lowest BCUT2D eigenvalue weighted by Crippen LogP contribution is -2.08. The molecule has 0 fully saturated rings. The Morgan fingerprint density at radius 3 is 2.13 bits per heavy atom. The summed E-state index contributed by atoms with van der Waals surface area (Å²) in [7, 11) is 0. The topological polar surface area (TPSA) is 26.0 Å². The second-order valence-electron chi connectivity index (χ2n) is 3.61. The number of benzene rings is 1. The molecule has 5 heteroatoms. The standard InChI is InChI=1S/C10H11ClF3N/c1-5(2)9-7(11)3-6(4-8(9)15)10(12,13)14/h3-5H,15H2,1-2H3. The van der Waals surface area contributed by atoms with Crippen LogP contribution in [0, 0.1) is 0 Å². The van der Waals surface area contributed by atoms with E-state index < -0.39 is 11.7 Å². The molecular weight excluding hydrogens is 227 g/mol. The van der Waals surface area contributed by atoms with E-state index in [0.29, 0.717) is 5.56 Å². The van der Waals surface area contributed by atoms with E-state index in [-0.39, 0.29) is 16.6 Å². The van der Waals surface area contributed by atoms with Gasteiger partial charge in [0.25, 0.3) is 0 Å². The molecule has 1 nitrogen and oxygen atoms in total. The van der Waals surface area contributed by atoms with Crippen molar-refractivity contribution in [3.05, 3.63) is 28.3 Å². The van der Waals surface area contributed by atoms with Crippen LogP contribution in [0.1, 0.15) is 30.9 Å². The fourth-order valence-corrected chi connectivity index (χ4v) is 1.86. The van der Waals surface area contributed by atoms with Crippen LogP contribution in [0.5, 0.6) is 0 Å². The Labute approximate surface area is 91.0 Å². The molecule has 0 aliphatic heterocycles. The molecule has 1 aromatic rings. The number of hydrogen-bond donors (Lipinski definition) is 1. The van der Waals surface area contributed by atoms with Crippen molar-refractivity contribution >= 4 is 17.3 Å². The highest BCUT2D eigenvalue weighted by molar-refractivity contribution is 6.31. The number of alkyl halides is 3. The fraction of sp³-hybridized carbons (Fsp3) is 0.400. The van der Waals surface area contributed by atoms with Crippen LogP contribution in [0.3, 0.4) is 0 Å². The number of rotatable bonds is 1. The van der Waals surface area contributed by atoms with Crippen molar-refractivity contribution < 1.29 is 13.2 Å². The predicted octanol–water partition coefficient (Wildman–Crippen LogP) is 4.06. The molecule has 0 unspecified atom stereocenters. The highest BCUT2D eigenvalue weighted by atomic mass is 35.5. The van der Waals surface area contributed by atoms with E-state index in [1.54, 1.807) is 0 Å². The van der Waals surface area contributed by atoms with E-state index in [2.05, 4.69) is 0 Å². The van der Waals surface area contributed by atoms with Crippen molar-refractivity contribution in [2.75, 3.05) is 5.73 Å². The van der Waals surface area contributed by atoms with E-state index in [1.165, 1.54) is 0 Å².